The molecule has 0 unspecified atom stereocenters. The van der Waals surface area contributed by atoms with E-state index in [0.29, 0.717) is 5.06 Å². The average molecular weight is 169 g/mol. The number of carbonyl (C=O) groups excluding carboxylic acids is 1. The Morgan fingerprint density at radius 1 is 1.60 bits per heavy atom. The lowest BCUT2D eigenvalue weighted by Gasteiger charge is -2.09. The van der Waals surface area contributed by atoms with E-state index >= 15 is 0 Å². The molecule has 0 aromatic heterocycles. The molecule has 60 valence electrons. The zero-order chi connectivity index (χ0) is 8.36. The highest BCUT2D eigenvalue weighted by atomic mass is 32.3. The van der Waals surface area contributed by atoms with Crippen LogP contribution in [0.2, 0.25) is 0 Å². The third-order valence-electron chi connectivity index (χ3n) is 0.649. The van der Waals surface area contributed by atoms with Crippen LogP contribution in [0, 0.1) is 0 Å². The van der Waals surface area contributed by atoms with Crippen LogP contribution >= 0.6 is 0 Å². The summed E-state index contributed by atoms with van der Waals surface area (Å²) in [4.78, 5) is 10.2. The maximum absolute atomic E-state index is 10.2. The van der Waals surface area contributed by atoms with Gasteiger partial charge in [0.1, 0.15) is 0 Å². The van der Waals surface area contributed by atoms with Crippen molar-refractivity contribution >= 4 is 16.3 Å². The third kappa shape index (κ3) is 4.24. The van der Waals surface area contributed by atoms with Gasteiger partial charge in [-0.3, -0.25) is 9.35 Å². The number of hydroxylamine groups is 2. The first-order valence-electron chi connectivity index (χ1n) is 2.24. The van der Waals surface area contributed by atoms with E-state index in [9.17, 15) is 13.2 Å². The molecule has 0 aliphatic rings. The zero-order valence-electron chi connectivity index (χ0n) is 5.44. The monoisotopic (exact) mass is 169 g/mol. The van der Waals surface area contributed by atoms with E-state index in [1.54, 1.807) is 0 Å². The lowest BCUT2D eigenvalue weighted by molar-refractivity contribution is -0.150. The molecule has 0 aliphatic heterocycles. The molecule has 0 spiro atoms. The van der Waals surface area contributed by atoms with Gasteiger partial charge in [0.25, 0.3) is 0 Å². The fourth-order valence-corrected chi connectivity index (χ4v) is 0.581. The first-order valence-corrected chi connectivity index (χ1v) is 3.61. The SMILES string of the molecule is CC(=O)N(C)OS(=O)(=O)O. The minimum atomic E-state index is -4.56. The summed E-state index contributed by atoms with van der Waals surface area (Å²) < 4.78 is 31.5. The van der Waals surface area contributed by atoms with Crippen LogP contribution in [-0.4, -0.2) is 31.0 Å². The van der Waals surface area contributed by atoms with E-state index in [1.807, 2.05) is 0 Å². The van der Waals surface area contributed by atoms with Crippen molar-refractivity contribution in [3.05, 3.63) is 0 Å². The van der Waals surface area contributed by atoms with Gasteiger partial charge >= 0.3 is 10.4 Å². The van der Waals surface area contributed by atoms with Gasteiger partial charge in [0, 0.05) is 14.0 Å². The molecular formula is C3H7NO5S. The van der Waals surface area contributed by atoms with Crippen molar-refractivity contribution in [1.82, 2.24) is 5.06 Å². The van der Waals surface area contributed by atoms with Crippen LogP contribution in [0.15, 0.2) is 0 Å². The summed E-state index contributed by atoms with van der Waals surface area (Å²) in [6.45, 7) is 1.09. The second-order valence-corrected chi connectivity index (χ2v) is 2.52. The molecule has 0 aromatic rings. The second kappa shape index (κ2) is 2.95. The van der Waals surface area contributed by atoms with E-state index in [0.717, 1.165) is 14.0 Å². The highest BCUT2D eigenvalue weighted by molar-refractivity contribution is 7.80. The van der Waals surface area contributed by atoms with Gasteiger partial charge in [-0.05, 0) is 0 Å². The maximum Gasteiger partial charge on any atom is 0.418 e. The van der Waals surface area contributed by atoms with Crippen LogP contribution in [0.5, 0.6) is 0 Å². The molecule has 1 amide bonds. The van der Waals surface area contributed by atoms with Crippen LogP contribution in [0.25, 0.3) is 0 Å². The van der Waals surface area contributed by atoms with E-state index in [1.165, 1.54) is 0 Å². The summed E-state index contributed by atoms with van der Waals surface area (Å²) in [6.07, 6.45) is 0. The van der Waals surface area contributed by atoms with Crippen molar-refractivity contribution in [3.63, 3.8) is 0 Å². The van der Waals surface area contributed by atoms with E-state index in [-0.39, 0.29) is 0 Å². The molecule has 0 bridgehead atoms. The molecule has 0 radical (unpaired) electrons. The van der Waals surface area contributed by atoms with Crippen LogP contribution in [0.1, 0.15) is 6.92 Å². The van der Waals surface area contributed by atoms with Gasteiger partial charge in [-0.15, -0.1) is 4.28 Å². The summed E-state index contributed by atoms with van der Waals surface area (Å²) >= 11 is 0. The summed E-state index contributed by atoms with van der Waals surface area (Å²) in [7, 11) is -3.50. The molecule has 10 heavy (non-hydrogen) atoms. The zero-order valence-corrected chi connectivity index (χ0v) is 6.25. The van der Waals surface area contributed by atoms with Gasteiger partial charge < -0.3 is 0 Å². The van der Waals surface area contributed by atoms with Crippen LogP contribution in [0.4, 0.5) is 0 Å². The van der Waals surface area contributed by atoms with Crippen LogP contribution in [-0.2, 0) is 19.5 Å². The van der Waals surface area contributed by atoms with Gasteiger partial charge in [0.05, 0.1) is 0 Å². The summed E-state index contributed by atoms with van der Waals surface area (Å²) in [5.74, 6) is -0.627. The highest BCUT2D eigenvalue weighted by Gasteiger charge is 2.11. The van der Waals surface area contributed by atoms with Crippen LogP contribution in [0.3, 0.4) is 0 Å². The van der Waals surface area contributed by atoms with Crippen molar-refractivity contribution in [3.8, 4) is 0 Å². The van der Waals surface area contributed by atoms with Gasteiger partial charge in [-0.1, -0.05) is 0 Å². The Morgan fingerprint density at radius 3 is 2.10 bits per heavy atom. The lowest BCUT2D eigenvalue weighted by atomic mass is 10.7. The minimum absolute atomic E-state index is 0.398. The maximum atomic E-state index is 10.2. The number of carbonyl (C=O) groups is 1. The summed E-state index contributed by atoms with van der Waals surface area (Å²) in [6, 6.07) is 0. The molecule has 0 aromatic carbocycles. The standard InChI is InChI=1S/C3H7NO5S/c1-3(5)4(2)9-10(6,7)8/h1-2H3,(H,6,7,8). The van der Waals surface area contributed by atoms with Gasteiger partial charge in [-0.25, -0.2) is 5.06 Å². The van der Waals surface area contributed by atoms with Crippen LogP contribution < -0.4 is 0 Å². The fraction of sp³-hybridized carbons (Fsp3) is 0.667. The molecule has 6 nitrogen and oxygen atoms in total. The molecule has 0 rings (SSSR count). The van der Waals surface area contributed by atoms with Crippen molar-refractivity contribution in [2.24, 2.45) is 0 Å². The van der Waals surface area contributed by atoms with Gasteiger partial charge in [-0.2, -0.15) is 8.42 Å². The topological polar surface area (TPSA) is 83.9 Å². The van der Waals surface area contributed by atoms with E-state index in [2.05, 4.69) is 4.28 Å². The Kier molecular flexibility index (Phi) is 2.76. The molecule has 0 heterocycles. The number of hydrogen-bond acceptors (Lipinski definition) is 4. The first kappa shape index (κ1) is 9.34. The summed E-state index contributed by atoms with van der Waals surface area (Å²) in [5.41, 5.74) is 0. The Labute approximate surface area is 58.3 Å². The number of hydrogen-bond donors (Lipinski definition) is 1. The molecular weight excluding hydrogens is 162 g/mol. The number of rotatable bonds is 2. The van der Waals surface area contributed by atoms with Crippen molar-refractivity contribution < 1.29 is 22.0 Å². The highest BCUT2D eigenvalue weighted by Crippen LogP contribution is 1.91. The molecule has 0 saturated carbocycles. The van der Waals surface area contributed by atoms with Crippen molar-refractivity contribution in [2.75, 3.05) is 7.05 Å². The molecule has 7 heteroatoms. The third-order valence-corrected chi connectivity index (χ3v) is 1.06. The molecule has 1 N–H and O–H groups in total. The Hall–Kier alpha value is -0.660. The lowest BCUT2D eigenvalue weighted by Crippen LogP contribution is -2.27. The first-order chi connectivity index (χ1) is 4.33. The van der Waals surface area contributed by atoms with Crippen molar-refractivity contribution in [2.45, 2.75) is 6.92 Å². The smallest absolute Gasteiger partial charge is 0.273 e. The molecule has 0 saturated heterocycles. The second-order valence-electron chi connectivity index (χ2n) is 1.52. The molecule has 0 fully saturated rings. The van der Waals surface area contributed by atoms with Gasteiger partial charge in [0.2, 0.25) is 5.91 Å². The molecule has 0 aliphatic carbocycles. The largest absolute Gasteiger partial charge is 0.418 e. The fourth-order valence-electron chi connectivity index (χ4n) is 0.194. The Morgan fingerprint density at radius 2 is 2.00 bits per heavy atom. The predicted octanol–water partition coefficient (Wildman–Crippen LogP) is -0.801. The van der Waals surface area contributed by atoms with Crippen molar-refractivity contribution in [1.29, 1.82) is 0 Å². The average Bonchev–Trinajstić information content (AvgIpc) is 1.60. The quantitative estimate of drug-likeness (QED) is 0.432. The van der Waals surface area contributed by atoms with Gasteiger partial charge in [0.15, 0.2) is 0 Å². The minimum Gasteiger partial charge on any atom is -0.273 e. The molecule has 0 atom stereocenters. The Bertz CT molecular complexity index is 219. The number of amides is 1. The number of nitrogens with zero attached hydrogens (tertiary/aromatic N) is 1. The normalized spacial score (nSPS) is 11.1. The van der Waals surface area contributed by atoms with E-state index < -0.39 is 16.3 Å². The summed E-state index contributed by atoms with van der Waals surface area (Å²) in [5, 5.41) is 0.398. The Balaban J connectivity index is 4.06. The predicted molar refractivity (Wildman–Crippen MR) is 31.1 cm³/mol. The van der Waals surface area contributed by atoms with E-state index in [4.69, 9.17) is 4.55 Å².